The first-order valence-electron chi connectivity index (χ1n) is 8.55. The number of rotatable bonds is 4. The zero-order valence-electron chi connectivity index (χ0n) is 15.8. The molecule has 1 aliphatic heterocycles. The van der Waals surface area contributed by atoms with Gasteiger partial charge in [-0.2, -0.15) is 0 Å². The molecule has 0 aliphatic carbocycles. The molecule has 0 amide bonds. The number of pyridine rings is 1. The van der Waals surface area contributed by atoms with Gasteiger partial charge in [0.15, 0.2) is 11.5 Å². The minimum absolute atomic E-state index is 0.0418. The lowest BCUT2D eigenvalue weighted by atomic mass is 9.80. The highest BCUT2D eigenvalue weighted by molar-refractivity contribution is 6.62. The predicted octanol–water partition coefficient (Wildman–Crippen LogP) is 1.91. The number of methoxy groups -OCH3 is 1. The molecule has 0 saturated carbocycles. The molecule has 0 spiro atoms. The third-order valence-electron chi connectivity index (χ3n) is 5.13. The maximum Gasteiger partial charge on any atom is 0.496 e. The van der Waals surface area contributed by atoms with E-state index in [0.717, 1.165) is 11.0 Å². The Balaban J connectivity index is 1.87. The standard InChI is InChI=1S/C19H24BNO5/c1-18(2)19(3,4)26-20(25-18)14-7-9-17(23)21(12-14)11-13-6-8-16(24-5)15(22)10-13/h6-10,12,22H,11H2,1-5H3. The van der Waals surface area contributed by atoms with Gasteiger partial charge in [0.05, 0.1) is 24.9 Å². The molecule has 1 fully saturated rings. The molecule has 0 bridgehead atoms. The Labute approximate surface area is 153 Å². The van der Waals surface area contributed by atoms with Crippen molar-refractivity contribution in [1.82, 2.24) is 4.57 Å². The molecule has 3 rings (SSSR count). The first-order chi connectivity index (χ1) is 12.1. The molecule has 0 atom stereocenters. The van der Waals surface area contributed by atoms with E-state index in [2.05, 4.69) is 0 Å². The van der Waals surface area contributed by atoms with Crippen LogP contribution in [0.3, 0.4) is 0 Å². The van der Waals surface area contributed by atoms with Crippen molar-refractivity contribution >= 4 is 12.6 Å². The van der Waals surface area contributed by atoms with E-state index >= 15 is 0 Å². The van der Waals surface area contributed by atoms with Crippen molar-refractivity contribution in [3.63, 3.8) is 0 Å². The average Bonchev–Trinajstić information content (AvgIpc) is 2.78. The summed E-state index contributed by atoms with van der Waals surface area (Å²) >= 11 is 0. The van der Waals surface area contributed by atoms with Crippen LogP contribution in [0.15, 0.2) is 41.3 Å². The second-order valence-electron chi connectivity index (χ2n) is 7.52. The Morgan fingerprint density at radius 2 is 1.77 bits per heavy atom. The molecule has 6 nitrogen and oxygen atoms in total. The molecular weight excluding hydrogens is 333 g/mol. The van der Waals surface area contributed by atoms with Crippen molar-refractivity contribution in [3.8, 4) is 11.5 Å². The molecule has 138 valence electrons. The predicted molar refractivity (Wildman–Crippen MR) is 100 cm³/mol. The first-order valence-corrected chi connectivity index (χ1v) is 8.55. The number of nitrogens with zero attached hydrogens (tertiary/aromatic N) is 1. The molecule has 1 N–H and O–H groups in total. The normalized spacial score (nSPS) is 18.1. The quantitative estimate of drug-likeness (QED) is 0.847. The number of aromatic hydroxyl groups is 1. The third kappa shape index (κ3) is 3.37. The van der Waals surface area contributed by atoms with Crippen LogP contribution in [0.2, 0.25) is 0 Å². The van der Waals surface area contributed by atoms with Crippen LogP contribution in [0.5, 0.6) is 11.5 Å². The monoisotopic (exact) mass is 357 g/mol. The van der Waals surface area contributed by atoms with Gasteiger partial charge in [-0.15, -0.1) is 0 Å². The zero-order chi connectivity index (χ0) is 19.1. The van der Waals surface area contributed by atoms with E-state index in [4.69, 9.17) is 14.0 Å². The number of ether oxygens (including phenoxy) is 1. The van der Waals surface area contributed by atoms with Crippen LogP contribution in [-0.2, 0) is 15.9 Å². The van der Waals surface area contributed by atoms with E-state index in [1.54, 1.807) is 29.0 Å². The molecule has 0 radical (unpaired) electrons. The van der Waals surface area contributed by atoms with Crippen molar-refractivity contribution in [1.29, 1.82) is 0 Å². The van der Waals surface area contributed by atoms with E-state index in [1.807, 2.05) is 33.8 Å². The van der Waals surface area contributed by atoms with Gasteiger partial charge < -0.3 is 23.7 Å². The van der Waals surface area contributed by atoms with Crippen molar-refractivity contribution in [2.45, 2.75) is 45.4 Å². The SMILES string of the molecule is COc1ccc(Cn2cc(B3OC(C)(C)C(C)(C)O3)ccc2=O)cc1O. The van der Waals surface area contributed by atoms with Gasteiger partial charge >= 0.3 is 7.12 Å². The Morgan fingerprint density at radius 3 is 2.35 bits per heavy atom. The van der Waals surface area contributed by atoms with Crippen LogP contribution in [0, 0.1) is 0 Å². The number of benzene rings is 1. The second kappa shape index (κ2) is 6.48. The first kappa shape index (κ1) is 18.5. The van der Waals surface area contributed by atoms with Gasteiger partial charge in [-0.05, 0) is 50.9 Å². The van der Waals surface area contributed by atoms with Crippen LogP contribution < -0.4 is 15.8 Å². The van der Waals surface area contributed by atoms with Crippen molar-refractivity contribution < 1.29 is 19.2 Å². The minimum Gasteiger partial charge on any atom is -0.504 e. The van der Waals surface area contributed by atoms with E-state index < -0.39 is 18.3 Å². The topological polar surface area (TPSA) is 69.9 Å². The Morgan fingerprint density at radius 1 is 1.12 bits per heavy atom. The summed E-state index contributed by atoms with van der Waals surface area (Å²) < 4.78 is 18.7. The molecule has 1 saturated heterocycles. The maximum atomic E-state index is 12.2. The Bertz CT molecular complexity index is 858. The van der Waals surface area contributed by atoms with E-state index in [0.29, 0.717) is 12.3 Å². The molecule has 7 heteroatoms. The van der Waals surface area contributed by atoms with E-state index in [-0.39, 0.29) is 11.3 Å². The number of phenolic OH excluding ortho intramolecular Hbond substituents is 1. The van der Waals surface area contributed by atoms with Crippen LogP contribution in [0.25, 0.3) is 0 Å². The molecule has 1 aromatic heterocycles. The lowest BCUT2D eigenvalue weighted by Gasteiger charge is -2.32. The molecule has 26 heavy (non-hydrogen) atoms. The van der Waals surface area contributed by atoms with Crippen LogP contribution in [0.4, 0.5) is 0 Å². The van der Waals surface area contributed by atoms with Gasteiger partial charge in [0.2, 0.25) is 0 Å². The number of hydrogen-bond donors (Lipinski definition) is 1. The van der Waals surface area contributed by atoms with Gasteiger partial charge in [-0.1, -0.05) is 12.1 Å². The summed E-state index contributed by atoms with van der Waals surface area (Å²) in [5.41, 5.74) is 0.541. The number of aromatic nitrogens is 1. The van der Waals surface area contributed by atoms with Gasteiger partial charge in [0.1, 0.15) is 0 Å². The Hall–Kier alpha value is -2.25. The summed E-state index contributed by atoms with van der Waals surface area (Å²) in [6.07, 6.45) is 1.74. The fraction of sp³-hybridized carbons (Fsp3) is 0.421. The second-order valence-corrected chi connectivity index (χ2v) is 7.52. The number of hydrogen-bond acceptors (Lipinski definition) is 5. The van der Waals surface area contributed by atoms with Gasteiger partial charge in [0, 0.05) is 12.3 Å². The fourth-order valence-electron chi connectivity index (χ4n) is 2.82. The molecule has 1 aliphatic rings. The van der Waals surface area contributed by atoms with Gasteiger partial charge in [-0.25, -0.2) is 0 Å². The highest BCUT2D eigenvalue weighted by atomic mass is 16.7. The lowest BCUT2D eigenvalue weighted by molar-refractivity contribution is 0.00578. The molecule has 0 unspecified atom stereocenters. The average molecular weight is 357 g/mol. The van der Waals surface area contributed by atoms with Gasteiger partial charge in [0.25, 0.3) is 5.56 Å². The van der Waals surface area contributed by atoms with Crippen molar-refractivity contribution in [2.75, 3.05) is 7.11 Å². The van der Waals surface area contributed by atoms with Crippen LogP contribution in [-0.4, -0.2) is 35.1 Å². The third-order valence-corrected chi connectivity index (χ3v) is 5.13. The summed E-state index contributed by atoms with van der Waals surface area (Å²) in [6.45, 7) is 8.28. The summed E-state index contributed by atoms with van der Waals surface area (Å²) in [6, 6.07) is 8.31. The Kier molecular flexibility index (Phi) is 4.62. The van der Waals surface area contributed by atoms with Crippen molar-refractivity contribution in [2.24, 2.45) is 0 Å². The molecule has 2 aromatic rings. The summed E-state index contributed by atoms with van der Waals surface area (Å²) in [5, 5.41) is 9.93. The highest BCUT2D eigenvalue weighted by Gasteiger charge is 2.51. The lowest BCUT2D eigenvalue weighted by Crippen LogP contribution is -2.41. The smallest absolute Gasteiger partial charge is 0.496 e. The van der Waals surface area contributed by atoms with Crippen molar-refractivity contribution in [3.05, 3.63) is 52.4 Å². The highest BCUT2D eigenvalue weighted by Crippen LogP contribution is 2.36. The van der Waals surface area contributed by atoms with Gasteiger partial charge in [-0.3, -0.25) is 4.79 Å². The van der Waals surface area contributed by atoms with E-state index in [9.17, 15) is 9.90 Å². The number of phenols is 1. The van der Waals surface area contributed by atoms with Crippen LogP contribution in [0.1, 0.15) is 33.3 Å². The largest absolute Gasteiger partial charge is 0.504 e. The van der Waals surface area contributed by atoms with Crippen LogP contribution >= 0.6 is 0 Å². The minimum atomic E-state index is -0.531. The zero-order valence-corrected chi connectivity index (χ0v) is 15.8. The molecular formula is C19H24BNO5. The molecule has 2 heterocycles. The molecule has 1 aromatic carbocycles. The summed E-state index contributed by atoms with van der Waals surface area (Å²) in [5.74, 6) is 0.437. The summed E-state index contributed by atoms with van der Waals surface area (Å²) in [4.78, 5) is 12.2. The summed E-state index contributed by atoms with van der Waals surface area (Å²) in [7, 11) is 0.962. The van der Waals surface area contributed by atoms with E-state index in [1.165, 1.54) is 13.2 Å². The maximum absolute atomic E-state index is 12.2. The fourth-order valence-corrected chi connectivity index (χ4v) is 2.82.